The topological polar surface area (TPSA) is 57.5 Å². The van der Waals surface area contributed by atoms with Crippen LogP contribution < -0.4 is 0 Å². The molecule has 3 heteroatoms. The van der Waals surface area contributed by atoms with Crippen molar-refractivity contribution in [3.8, 4) is 0 Å². The summed E-state index contributed by atoms with van der Waals surface area (Å²) >= 11 is 0. The molecule has 0 radical (unpaired) electrons. The number of unbranched alkanes of at least 4 members (excludes halogenated alkanes) is 7. The number of hydrogen-bond donors (Lipinski definition) is 2. The Morgan fingerprint density at radius 1 is 0.800 bits per heavy atom. The first-order valence-corrected chi connectivity index (χ1v) is 10.0. The molecule has 0 aliphatic rings. The zero-order valence-corrected chi connectivity index (χ0v) is 16.0. The Morgan fingerprint density at radius 2 is 1.32 bits per heavy atom. The second-order valence-electron chi connectivity index (χ2n) is 6.60. The van der Waals surface area contributed by atoms with Crippen LogP contribution in [0, 0.1) is 0 Å². The summed E-state index contributed by atoms with van der Waals surface area (Å²) in [5.74, 6) is -0.915. The molecule has 1 unspecified atom stereocenters. The predicted molar refractivity (Wildman–Crippen MR) is 107 cm³/mol. The van der Waals surface area contributed by atoms with Gasteiger partial charge in [0.2, 0.25) is 0 Å². The lowest BCUT2D eigenvalue weighted by Gasteiger charge is -2.07. The third-order valence-electron chi connectivity index (χ3n) is 4.10. The first kappa shape index (κ1) is 23.6. The zero-order valence-electron chi connectivity index (χ0n) is 16.0. The van der Waals surface area contributed by atoms with Gasteiger partial charge < -0.3 is 10.2 Å². The van der Waals surface area contributed by atoms with E-state index in [9.17, 15) is 9.90 Å². The molecule has 0 bridgehead atoms. The van der Waals surface area contributed by atoms with Crippen LogP contribution in [0.2, 0.25) is 0 Å². The fourth-order valence-electron chi connectivity index (χ4n) is 2.66. The van der Waals surface area contributed by atoms with E-state index in [4.69, 9.17) is 5.11 Å². The third kappa shape index (κ3) is 20.6. The summed E-state index contributed by atoms with van der Waals surface area (Å²) in [7, 11) is 0. The van der Waals surface area contributed by atoms with Crippen molar-refractivity contribution in [1.29, 1.82) is 0 Å². The molecule has 0 spiro atoms. The number of aliphatic carboxylic acids is 1. The Balaban J connectivity index is 3.27. The van der Waals surface area contributed by atoms with Crippen LogP contribution >= 0.6 is 0 Å². The van der Waals surface area contributed by atoms with Crippen LogP contribution in [0.5, 0.6) is 0 Å². The number of rotatable bonds is 17. The SMILES string of the molecule is CC/C=C\C/C=C\C/C=C\CCCCCCCCCC(O)CC(=O)O. The van der Waals surface area contributed by atoms with Gasteiger partial charge in [0.1, 0.15) is 0 Å². The van der Waals surface area contributed by atoms with Crippen LogP contribution in [0.3, 0.4) is 0 Å². The molecule has 0 aromatic heterocycles. The van der Waals surface area contributed by atoms with Crippen molar-refractivity contribution >= 4 is 5.97 Å². The van der Waals surface area contributed by atoms with E-state index in [1.165, 1.54) is 38.5 Å². The van der Waals surface area contributed by atoms with Crippen LogP contribution in [-0.2, 0) is 4.79 Å². The van der Waals surface area contributed by atoms with E-state index in [0.717, 1.165) is 32.1 Å². The summed E-state index contributed by atoms with van der Waals surface area (Å²) in [4.78, 5) is 10.4. The van der Waals surface area contributed by atoms with E-state index in [-0.39, 0.29) is 6.42 Å². The first-order valence-electron chi connectivity index (χ1n) is 10.0. The number of aliphatic hydroxyl groups is 1. The third-order valence-corrected chi connectivity index (χ3v) is 4.10. The lowest BCUT2D eigenvalue weighted by molar-refractivity contribution is -0.139. The fourth-order valence-corrected chi connectivity index (χ4v) is 2.66. The summed E-state index contributed by atoms with van der Waals surface area (Å²) in [6, 6.07) is 0. The van der Waals surface area contributed by atoms with E-state index in [2.05, 4.69) is 43.4 Å². The molecular formula is C22H38O3. The average Bonchev–Trinajstić information content (AvgIpc) is 2.57. The Kier molecular flexibility index (Phi) is 18.0. The Hall–Kier alpha value is -1.35. The molecular weight excluding hydrogens is 312 g/mol. The summed E-state index contributed by atoms with van der Waals surface area (Å²) < 4.78 is 0. The fraction of sp³-hybridized carbons (Fsp3) is 0.682. The van der Waals surface area contributed by atoms with E-state index < -0.39 is 12.1 Å². The molecule has 1 atom stereocenters. The number of hydrogen-bond acceptors (Lipinski definition) is 2. The van der Waals surface area contributed by atoms with E-state index in [1.54, 1.807) is 0 Å². The second kappa shape index (κ2) is 19.0. The number of carboxylic acid groups (broad SMARTS) is 1. The highest BCUT2D eigenvalue weighted by molar-refractivity contribution is 5.67. The van der Waals surface area contributed by atoms with Gasteiger partial charge in [0, 0.05) is 0 Å². The molecule has 144 valence electrons. The van der Waals surface area contributed by atoms with Crippen molar-refractivity contribution < 1.29 is 15.0 Å². The van der Waals surface area contributed by atoms with Gasteiger partial charge in [-0.05, 0) is 38.5 Å². The average molecular weight is 351 g/mol. The van der Waals surface area contributed by atoms with Gasteiger partial charge in [-0.15, -0.1) is 0 Å². The van der Waals surface area contributed by atoms with Crippen molar-refractivity contribution in [3.63, 3.8) is 0 Å². The van der Waals surface area contributed by atoms with Crippen LogP contribution in [0.15, 0.2) is 36.5 Å². The lowest BCUT2D eigenvalue weighted by atomic mass is 10.0. The highest BCUT2D eigenvalue weighted by Crippen LogP contribution is 2.12. The molecule has 0 aromatic rings. The van der Waals surface area contributed by atoms with Gasteiger partial charge in [-0.2, -0.15) is 0 Å². The summed E-state index contributed by atoms with van der Waals surface area (Å²) in [6.07, 6.45) is 25.8. The Labute approximate surface area is 154 Å². The highest BCUT2D eigenvalue weighted by atomic mass is 16.4. The number of carboxylic acids is 1. The lowest BCUT2D eigenvalue weighted by Crippen LogP contribution is -2.12. The molecule has 0 rings (SSSR count). The van der Waals surface area contributed by atoms with Gasteiger partial charge in [0.05, 0.1) is 12.5 Å². The van der Waals surface area contributed by atoms with Gasteiger partial charge in [0.15, 0.2) is 0 Å². The number of carbonyl (C=O) groups is 1. The van der Waals surface area contributed by atoms with E-state index in [1.807, 2.05) is 0 Å². The van der Waals surface area contributed by atoms with Gasteiger partial charge in [-0.3, -0.25) is 4.79 Å². The van der Waals surface area contributed by atoms with Crippen molar-refractivity contribution in [1.82, 2.24) is 0 Å². The molecule has 0 heterocycles. The molecule has 0 saturated heterocycles. The van der Waals surface area contributed by atoms with Crippen LogP contribution in [0.1, 0.15) is 90.4 Å². The van der Waals surface area contributed by atoms with Crippen LogP contribution in [0.4, 0.5) is 0 Å². The number of allylic oxidation sites excluding steroid dienone is 6. The van der Waals surface area contributed by atoms with Crippen LogP contribution in [-0.4, -0.2) is 22.3 Å². The van der Waals surface area contributed by atoms with Gasteiger partial charge in [0.25, 0.3) is 0 Å². The molecule has 3 nitrogen and oxygen atoms in total. The maximum atomic E-state index is 10.4. The summed E-state index contributed by atoms with van der Waals surface area (Å²) in [5, 5.41) is 18.0. The molecule has 0 aromatic carbocycles. The first-order chi connectivity index (χ1) is 12.2. The Morgan fingerprint density at radius 3 is 1.92 bits per heavy atom. The maximum absolute atomic E-state index is 10.4. The largest absolute Gasteiger partial charge is 0.481 e. The normalized spacial score (nSPS) is 13.4. The molecule has 0 aliphatic carbocycles. The van der Waals surface area contributed by atoms with Crippen molar-refractivity contribution in [2.75, 3.05) is 0 Å². The maximum Gasteiger partial charge on any atom is 0.305 e. The van der Waals surface area contributed by atoms with Crippen molar-refractivity contribution in [2.45, 2.75) is 96.5 Å². The zero-order chi connectivity index (χ0) is 18.6. The van der Waals surface area contributed by atoms with Gasteiger partial charge >= 0.3 is 5.97 Å². The summed E-state index contributed by atoms with van der Waals surface area (Å²) in [5.41, 5.74) is 0. The molecule has 0 fully saturated rings. The van der Waals surface area contributed by atoms with Crippen molar-refractivity contribution in [2.24, 2.45) is 0 Å². The Bertz CT molecular complexity index is 383. The minimum Gasteiger partial charge on any atom is -0.481 e. The smallest absolute Gasteiger partial charge is 0.305 e. The summed E-state index contributed by atoms with van der Waals surface area (Å²) in [6.45, 7) is 2.15. The molecule has 0 aliphatic heterocycles. The van der Waals surface area contributed by atoms with Crippen LogP contribution in [0.25, 0.3) is 0 Å². The number of aliphatic hydroxyl groups excluding tert-OH is 1. The quantitative estimate of drug-likeness (QED) is 0.243. The molecule has 0 saturated carbocycles. The van der Waals surface area contributed by atoms with Gasteiger partial charge in [-0.25, -0.2) is 0 Å². The minimum atomic E-state index is -0.915. The second-order valence-corrected chi connectivity index (χ2v) is 6.60. The van der Waals surface area contributed by atoms with E-state index >= 15 is 0 Å². The van der Waals surface area contributed by atoms with Crippen molar-refractivity contribution in [3.05, 3.63) is 36.5 Å². The van der Waals surface area contributed by atoms with E-state index in [0.29, 0.717) is 6.42 Å². The van der Waals surface area contributed by atoms with Gasteiger partial charge in [-0.1, -0.05) is 81.9 Å². The monoisotopic (exact) mass is 350 g/mol. The standard InChI is InChI=1S/C22H38O3/c1-2-3-4-5-6-7-8-9-10-11-12-13-14-15-16-17-18-19-21(23)20-22(24)25/h3-4,6-7,9-10,21,23H,2,5,8,11-20H2,1H3,(H,24,25)/b4-3-,7-6-,10-9-. The molecule has 25 heavy (non-hydrogen) atoms. The highest BCUT2D eigenvalue weighted by Gasteiger charge is 2.08. The minimum absolute atomic E-state index is 0.126. The molecule has 2 N–H and O–H groups in total. The molecule has 0 amide bonds. The predicted octanol–water partition coefficient (Wildman–Crippen LogP) is 6.19.